The molecule has 2 rings (SSSR count). The van der Waals surface area contributed by atoms with Crippen molar-refractivity contribution in [3.05, 3.63) is 29.6 Å². The lowest BCUT2D eigenvalue weighted by molar-refractivity contribution is 0.0687. The molecule has 5 nitrogen and oxygen atoms in total. The molecule has 1 aliphatic heterocycles. The van der Waals surface area contributed by atoms with Crippen LogP contribution in [0.4, 0.5) is 0 Å². The minimum atomic E-state index is -1.08. The maximum atomic E-state index is 12.4. The first-order valence-corrected chi connectivity index (χ1v) is 7.60. The van der Waals surface area contributed by atoms with E-state index in [1.807, 2.05) is 4.90 Å². The van der Waals surface area contributed by atoms with Crippen LogP contribution in [0.3, 0.4) is 0 Å². The molecular weight excluding hydrogens is 268 g/mol. The molecule has 1 aromatic heterocycles. The van der Waals surface area contributed by atoms with Gasteiger partial charge in [0.25, 0.3) is 5.91 Å². The molecule has 1 amide bonds. The summed E-state index contributed by atoms with van der Waals surface area (Å²) in [6.07, 6.45) is 7.07. The van der Waals surface area contributed by atoms with Gasteiger partial charge in [0.2, 0.25) is 0 Å². The molecule has 1 aliphatic rings. The van der Waals surface area contributed by atoms with E-state index in [1.165, 1.54) is 31.5 Å². The summed E-state index contributed by atoms with van der Waals surface area (Å²) in [5.74, 6) is -0.400. The van der Waals surface area contributed by atoms with Crippen molar-refractivity contribution < 1.29 is 14.7 Å². The minimum absolute atomic E-state index is 0.0366. The number of aromatic carboxylic acids is 1. The van der Waals surface area contributed by atoms with Crippen LogP contribution in [0.1, 0.15) is 59.9 Å². The molecule has 0 saturated carbocycles. The van der Waals surface area contributed by atoms with Crippen molar-refractivity contribution in [1.82, 2.24) is 9.88 Å². The summed E-state index contributed by atoms with van der Waals surface area (Å²) >= 11 is 0. The lowest BCUT2D eigenvalue weighted by Crippen LogP contribution is -2.32. The number of carboxylic acids is 1. The van der Waals surface area contributed by atoms with Gasteiger partial charge in [0.15, 0.2) is 0 Å². The Balaban J connectivity index is 2.00. The zero-order valence-corrected chi connectivity index (χ0v) is 12.4. The van der Waals surface area contributed by atoms with Crippen molar-refractivity contribution in [3.8, 4) is 0 Å². The van der Waals surface area contributed by atoms with Gasteiger partial charge in [-0.1, -0.05) is 19.8 Å². The highest BCUT2D eigenvalue weighted by Gasteiger charge is 2.21. The van der Waals surface area contributed by atoms with Gasteiger partial charge in [-0.3, -0.25) is 4.79 Å². The highest BCUT2D eigenvalue weighted by molar-refractivity contribution is 5.94. The maximum absolute atomic E-state index is 12.4. The van der Waals surface area contributed by atoms with Gasteiger partial charge in [0, 0.05) is 19.3 Å². The maximum Gasteiger partial charge on any atom is 0.354 e. The standard InChI is InChI=1S/C16H22N2O3/c1-2-4-12-5-3-9-18(10-8-12)15(19)13-6-7-14(16(20)21)17-11-13/h6-7,11-12H,2-5,8-10H2,1H3,(H,20,21). The van der Waals surface area contributed by atoms with Crippen molar-refractivity contribution in [2.45, 2.75) is 39.0 Å². The van der Waals surface area contributed by atoms with E-state index in [0.717, 1.165) is 31.8 Å². The van der Waals surface area contributed by atoms with Gasteiger partial charge in [0.1, 0.15) is 5.69 Å². The smallest absolute Gasteiger partial charge is 0.354 e. The summed E-state index contributed by atoms with van der Waals surface area (Å²) in [4.78, 5) is 28.9. The number of rotatable bonds is 4. The predicted octanol–water partition coefficient (Wildman–Crippen LogP) is 2.82. The second kappa shape index (κ2) is 7.20. The third-order valence-electron chi connectivity index (χ3n) is 4.06. The lowest BCUT2D eigenvalue weighted by Gasteiger charge is -2.20. The Bertz CT molecular complexity index is 499. The zero-order chi connectivity index (χ0) is 15.2. The van der Waals surface area contributed by atoms with Crippen LogP contribution < -0.4 is 0 Å². The zero-order valence-electron chi connectivity index (χ0n) is 12.4. The molecule has 0 spiro atoms. The minimum Gasteiger partial charge on any atom is -0.477 e. The average molecular weight is 290 g/mol. The summed E-state index contributed by atoms with van der Waals surface area (Å²) in [7, 11) is 0. The van der Waals surface area contributed by atoms with Crippen molar-refractivity contribution >= 4 is 11.9 Å². The molecule has 2 heterocycles. The van der Waals surface area contributed by atoms with Crippen LogP contribution in [-0.4, -0.2) is 40.0 Å². The van der Waals surface area contributed by atoms with E-state index < -0.39 is 5.97 Å². The van der Waals surface area contributed by atoms with Crippen molar-refractivity contribution in [2.75, 3.05) is 13.1 Å². The number of nitrogens with zero attached hydrogens (tertiary/aromatic N) is 2. The third kappa shape index (κ3) is 4.03. The summed E-state index contributed by atoms with van der Waals surface area (Å²) in [6, 6.07) is 2.93. The quantitative estimate of drug-likeness (QED) is 0.925. The molecule has 0 aromatic carbocycles. The molecule has 1 fully saturated rings. The number of amides is 1. The van der Waals surface area contributed by atoms with Crippen molar-refractivity contribution in [1.29, 1.82) is 0 Å². The first-order chi connectivity index (χ1) is 10.1. The number of aromatic nitrogens is 1. The fraction of sp³-hybridized carbons (Fsp3) is 0.562. The van der Waals surface area contributed by atoms with Gasteiger partial charge in [-0.15, -0.1) is 0 Å². The van der Waals surface area contributed by atoms with Crippen LogP contribution in [0.25, 0.3) is 0 Å². The monoisotopic (exact) mass is 290 g/mol. The fourth-order valence-corrected chi connectivity index (χ4v) is 2.89. The SMILES string of the molecule is CCCC1CCCN(C(=O)c2ccc(C(=O)O)nc2)CC1. The van der Waals surface area contributed by atoms with E-state index in [2.05, 4.69) is 11.9 Å². The molecule has 0 radical (unpaired) electrons. The van der Waals surface area contributed by atoms with E-state index in [4.69, 9.17) is 5.11 Å². The molecule has 21 heavy (non-hydrogen) atoms. The van der Waals surface area contributed by atoms with Gasteiger partial charge in [-0.25, -0.2) is 9.78 Å². The number of pyridine rings is 1. The lowest BCUT2D eigenvalue weighted by atomic mass is 9.96. The first-order valence-electron chi connectivity index (χ1n) is 7.60. The van der Waals surface area contributed by atoms with Crippen LogP contribution in [0, 0.1) is 5.92 Å². The van der Waals surface area contributed by atoms with Crippen molar-refractivity contribution in [3.63, 3.8) is 0 Å². The Labute approximate surface area is 125 Å². The molecule has 1 atom stereocenters. The Morgan fingerprint density at radius 1 is 1.33 bits per heavy atom. The highest BCUT2D eigenvalue weighted by Crippen LogP contribution is 2.22. The summed E-state index contributed by atoms with van der Waals surface area (Å²) in [5, 5.41) is 8.82. The fourth-order valence-electron chi connectivity index (χ4n) is 2.89. The molecule has 0 aliphatic carbocycles. The van der Waals surface area contributed by atoms with Gasteiger partial charge in [0.05, 0.1) is 5.56 Å². The van der Waals surface area contributed by atoms with E-state index >= 15 is 0 Å². The Morgan fingerprint density at radius 2 is 2.14 bits per heavy atom. The van der Waals surface area contributed by atoms with E-state index in [1.54, 1.807) is 6.07 Å². The van der Waals surface area contributed by atoms with Gasteiger partial charge < -0.3 is 10.0 Å². The molecule has 1 saturated heterocycles. The molecular formula is C16H22N2O3. The Hall–Kier alpha value is -1.91. The summed E-state index contributed by atoms with van der Waals surface area (Å²) in [5.41, 5.74) is 0.430. The number of hydrogen-bond donors (Lipinski definition) is 1. The molecule has 5 heteroatoms. The van der Waals surface area contributed by atoms with Crippen LogP contribution in [0.5, 0.6) is 0 Å². The predicted molar refractivity (Wildman–Crippen MR) is 79.3 cm³/mol. The molecule has 0 bridgehead atoms. The van der Waals surface area contributed by atoms with Crippen LogP contribution in [0.2, 0.25) is 0 Å². The van der Waals surface area contributed by atoms with Crippen LogP contribution >= 0.6 is 0 Å². The molecule has 1 unspecified atom stereocenters. The second-order valence-electron chi connectivity index (χ2n) is 5.62. The number of carbonyl (C=O) groups is 2. The third-order valence-corrected chi connectivity index (χ3v) is 4.06. The van der Waals surface area contributed by atoms with E-state index in [-0.39, 0.29) is 11.6 Å². The largest absolute Gasteiger partial charge is 0.477 e. The normalized spacial score (nSPS) is 19.1. The molecule has 114 valence electrons. The number of carboxylic acid groups (broad SMARTS) is 1. The Kier molecular flexibility index (Phi) is 5.31. The van der Waals surface area contributed by atoms with E-state index in [9.17, 15) is 9.59 Å². The van der Waals surface area contributed by atoms with Gasteiger partial charge in [-0.05, 0) is 37.3 Å². The Morgan fingerprint density at radius 3 is 2.76 bits per heavy atom. The van der Waals surface area contributed by atoms with Crippen LogP contribution in [0.15, 0.2) is 18.3 Å². The van der Waals surface area contributed by atoms with Gasteiger partial charge >= 0.3 is 5.97 Å². The topological polar surface area (TPSA) is 70.5 Å². The number of hydrogen-bond acceptors (Lipinski definition) is 3. The molecule has 1 aromatic rings. The summed E-state index contributed by atoms with van der Waals surface area (Å²) in [6.45, 7) is 3.76. The molecule has 1 N–H and O–H groups in total. The second-order valence-corrected chi connectivity index (χ2v) is 5.62. The van der Waals surface area contributed by atoms with E-state index in [0.29, 0.717) is 5.56 Å². The summed E-state index contributed by atoms with van der Waals surface area (Å²) < 4.78 is 0. The highest BCUT2D eigenvalue weighted by atomic mass is 16.4. The number of carbonyl (C=O) groups excluding carboxylic acids is 1. The first kappa shape index (κ1) is 15.5. The average Bonchev–Trinajstić information content (AvgIpc) is 2.73. The number of likely N-dealkylation sites (tertiary alicyclic amines) is 1. The van der Waals surface area contributed by atoms with Crippen molar-refractivity contribution in [2.24, 2.45) is 5.92 Å². The van der Waals surface area contributed by atoms with Crippen LogP contribution in [-0.2, 0) is 0 Å². The van der Waals surface area contributed by atoms with Gasteiger partial charge in [-0.2, -0.15) is 0 Å².